The third-order valence-corrected chi connectivity index (χ3v) is 4.99. The highest BCUT2D eigenvalue weighted by Crippen LogP contribution is 2.24. The van der Waals surface area contributed by atoms with Gasteiger partial charge >= 0.3 is 0 Å². The van der Waals surface area contributed by atoms with Crippen LogP contribution < -0.4 is 15.0 Å². The van der Waals surface area contributed by atoms with E-state index in [0.717, 1.165) is 37.4 Å². The van der Waals surface area contributed by atoms with Gasteiger partial charge in [0.25, 0.3) is 5.91 Å². The van der Waals surface area contributed by atoms with Crippen molar-refractivity contribution < 1.29 is 9.53 Å². The molecule has 7 heteroatoms. The quantitative estimate of drug-likeness (QED) is 0.825. The van der Waals surface area contributed by atoms with Gasteiger partial charge in [-0.05, 0) is 37.6 Å². The first-order chi connectivity index (χ1) is 13.5. The minimum absolute atomic E-state index is 0.0846. The number of anilines is 1. The summed E-state index contributed by atoms with van der Waals surface area (Å²) in [6.07, 6.45) is 2.27. The number of aromatic nitrogens is 2. The minimum Gasteiger partial charge on any atom is -0.497 e. The SMILES string of the molecule is COc1cccc(C(=O)N(C)Cc2nc([C@@H]3CCCNC3)cc(N(C)C)n2)c1. The van der Waals surface area contributed by atoms with Crippen molar-refractivity contribution in [2.24, 2.45) is 0 Å². The van der Waals surface area contributed by atoms with Crippen LogP contribution >= 0.6 is 0 Å². The van der Waals surface area contributed by atoms with Gasteiger partial charge in [0, 0.05) is 45.2 Å². The smallest absolute Gasteiger partial charge is 0.254 e. The zero-order chi connectivity index (χ0) is 20.1. The molecule has 1 aromatic carbocycles. The summed E-state index contributed by atoms with van der Waals surface area (Å²) in [6, 6.07) is 9.24. The first kappa shape index (κ1) is 20.1. The van der Waals surface area contributed by atoms with Crippen LogP contribution in [0.15, 0.2) is 30.3 Å². The van der Waals surface area contributed by atoms with E-state index in [9.17, 15) is 4.79 Å². The van der Waals surface area contributed by atoms with Gasteiger partial charge in [-0.3, -0.25) is 4.79 Å². The average molecular weight is 383 g/mol. The number of methoxy groups -OCH3 is 1. The number of nitrogens with one attached hydrogen (secondary N) is 1. The largest absolute Gasteiger partial charge is 0.497 e. The van der Waals surface area contributed by atoms with Crippen molar-refractivity contribution >= 4 is 11.7 Å². The van der Waals surface area contributed by atoms with E-state index in [1.807, 2.05) is 31.1 Å². The topological polar surface area (TPSA) is 70.6 Å². The molecule has 1 amide bonds. The van der Waals surface area contributed by atoms with E-state index in [4.69, 9.17) is 9.72 Å². The van der Waals surface area contributed by atoms with Crippen LogP contribution in [-0.4, -0.2) is 62.1 Å². The number of benzene rings is 1. The molecule has 1 atom stereocenters. The van der Waals surface area contributed by atoms with Gasteiger partial charge in [0.15, 0.2) is 0 Å². The minimum atomic E-state index is -0.0846. The number of piperidine rings is 1. The molecule has 7 nitrogen and oxygen atoms in total. The molecule has 2 aromatic rings. The fourth-order valence-electron chi connectivity index (χ4n) is 3.38. The van der Waals surface area contributed by atoms with Crippen LogP contribution in [0.2, 0.25) is 0 Å². The molecule has 0 saturated carbocycles. The maximum Gasteiger partial charge on any atom is 0.254 e. The second-order valence-electron chi connectivity index (χ2n) is 7.40. The predicted molar refractivity (Wildman–Crippen MR) is 110 cm³/mol. The lowest BCUT2D eigenvalue weighted by molar-refractivity contribution is 0.0781. The number of amides is 1. The highest BCUT2D eigenvalue weighted by Gasteiger charge is 2.20. The van der Waals surface area contributed by atoms with Crippen LogP contribution in [0.1, 0.15) is 40.6 Å². The van der Waals surface area contributed by atoms with E-state index < -0.39 is 0 Å². The van der Waals surface area contributed by atoms with E-state index >= 15 is 0 Å². The predicted octanol–water partition coefficient (Wildman–Crippen LogP) is 2.29. The molecule has 1 N–H and O–H groups in total. The Balaban J connectivity index is 1.81. The normalized spacial score (nSPS) is 16.5. The summed E-state index contributed by atoms with van der Waals surface area (Å²) >= 11 is 0. The van der Waals surface area contributed by atoms with Gasteiger partial charge in [-0.25, -0.2) is 9.97 Å². The highest BCUT2D eigenvalue weighted by atomic mass is 16.5. The number of rotatable bonds is 6. The standard InChI is InChI=1S/C21H29N5O2/c1-25(2)20-12-18(16-8-6-10-22-13-16)23-19(24-20)14-26(3)21(27)15-7-5-9-17(11-15)28-4/h5,7,9,11-12,16,22H,6,8,10,13-14H2,1-4H3/t16-/m1/s1. The first-order valence-corrected chi connectivity index (χ1v) is 9.63. The van der Waals surface area contributed by atoms with Crippen LogP contribution in [-0.2, 0) is 6.54 Å². The molecule has 0 radical (unpaired) electrons. The summed E-state index contributed by atoms with van der Waals surface area (Å²) < 4.78 is 5.22. The van der Waals surface area contributed by atoms with E-state index in [0.29, 0.717) is 29.6 Å². The van der Waals surface area contributed by atoms with Crippen molar-refractivity contribution in [3.05, 3.63) is 47.4 Å². The third kappa shape index (κ3) is 4.78. The number of nitrogens with zero attached hydrogens (tertiary/aromatic N) is 4. The zero-order valence-corrected chi connectivity index (χ0v) is 17.1. The fraction of sp³-hybridized carbons (Fsp3) is 0.476. The van der Waals surface area contributed by atoms with Gasteiger partial charge in [-0.15, -0.1) is 0 Å². The molecule has 1 aliphatic rings. The van der Waals surface area contributed by atoms with Gasteiger partial charge in [-0.1, -0.05) is 6.07 Å². The van der Waals surface area contributed by atoms with Gasteiger partial charge in [0.1, 0.15) is 17.4 Å². The first-order valence-electron chi connectivity index (χ1n) is 9.63. The molecule has 1 aromatic heterocycles. The summed E-state index contributed by atoms with van der Waals surface area (Å²) in [5.74, 6) is 2.49. The summed E-state index contributed by atoms with van der Waals surface area (Å²) in [7, 11) is 7.31. The third-order valence-electron chi connectivity index (χ3n) is 4.99. The summed E-state index contributed by atoms with van der Waals surface area (Å²) in [5.41, 5.74) is 1.63. The monoisotopic (exact) mass is 383 g/mol. The molecule has 1 fully saturated rings. The van der Waals surface area contributed by atoms with E-state index in [1.165, 1.54) is 0 Å². The second-order valence-corrected chi connectivity index (χ2v) is 7.40. The van der Waals surface area contributed by atoms with E-state index in [-0.39, 0.29) is 5.91 Å². The average Bonchev–Trinajstić information content (AvgIpc) is 2.73. The number of ether oxygens (including phenoxy) is 1. The lowest BCUT2D eigenvalue weighted by Crippen LogP contribution is -2.30. The summed E-state index contributed by atoms with van der Waals surface area (Å²) in [4.78, 5) is 25.9. The molecule has 0 unspecified atom stereocenters. The van der Waals surface area contributed by atoms with Crippen molar-refractivity contribution in [3.63, 3.8) is 0 Å². The Labute approximate surface area is 166 Å². The fourth-order valence-corrected chi connectivity index (χ4v) is 3.38. The van der Waals surface area contributed by atoms with Gasteiger partial charge < -0.3 is 19.9 Å². The van der Waals surface area contributed by atoms with E-state index in [2.05, 4.69) is 16.4 Å². The zero-order valence-electron chi connectivity index (χ0n) is 17.1. The maximum atomic E-state index is 12.8. The maximum absolute atomic E-state index is 12.8. The summed E-state index contributed by atoms with van der Waals surface area (Å²) in [6.45, 7) is 2.35. The Bertz CT molecular complexity index is 818. The lowest BCUT2D eigenvalue weighted by Gasteiger charge is -2.24. The van der Waals surface area contributed by atoms with Crippen LogP contribution in [0.4, 0.5) is 5.82 Å². The number of carbonyl (C=O) groups is 1. The molecule has 1 saturated heterocycles. The van der Waals surface area contributed by atoms with Crippen LogP contribution in [0.25, 0.3) is 0 Å². The van der Waals surface area contributed by atoms with Crippen LogP contribution in [0.5, 0.6) is 5.75 Å². The van der Waals surface area contributed by atoms with Gasteiger partial charge in [0.05, 0.1) is 19.3 Å². The molecule has 2 heterocycles. The molecule has 0 spiro atoms. The van der Waals surface area contributed by atoms with Gasteiger partial charge in [0.2, 0.25) is 0 Å². The van der Waals surface area contributed by atoms with Crippen LogP contribution in [0.3, 0.4) is 0 Å². The molecule has 28 heavy (non-hydrogen) atoms. The Morgan fingerprint density at radius 2 is 2.07 bits per heavy atom. The Morgan fingerprint density at radius 1 is 1.25 bits per heavy atom. The molecular formula is C21H29N5O2. The molecule has 150 valence electrons. The van der Waals surface area contributed by atoms with Crippen molar-refractivity contribution in [1.82, 2.24) is 20.2 Å². The lowest BCUT2D eigenvalue weighted by atomic mass is 9.96. The van der Waals surface area contributed by atoms with E-state index in [1.54, 1.807) is 31.2 Å². The molecule has 1 aliphatic heterocycles. The van der Waals surface area contributed by atoms with Gasteiger partial charge in [-0.2, -0.15) is 0 Å². The molecule has 3 rings (SSSR count). The number of carbonyl (C=O) groups excluding carboxylic acids is 1. The van der Waals surface area contributed by atoms with Crippen molar-refractivity contribution in [1.29, 1.82) is 0 Å². The second kappa shape index (κ2) is 9.01. The Kier molecular flexibility index (Phi) is 6.46. The Morgan fingerprint density at radius 3 is 2.75 bits per heavy atom. The van der Waals surface area contributed by atoms with Crippen molar-refractivity contribution in [3.8, 4) is 5.75 Å². The molecule has 0 bridgehead atoms. The number of hydrogen-bond acceptors (Lipinski definition) is 6. The number of hydrogen-bond donors (Lipinski definition) is 1. The van der Waals surface area contributed by atoms with Crippen molar-refractivity contribution in [2.45, 2.75) is 25.3 Å². The van der Waals surface area contributed by atoms with Crippen LogP contribution in [0, 0.1) is 0 Å². The van der Waals surface area contributed by atoms with Crippen molar-refractivity contribution in [2.75, 3.05) is 46.2 Å². The molecule has 0 aliphatic carbocycles. The Hall–Kier alpha value is -2.67. The highest BCUT2D eigenvalue weighted by molar-refractivity contribution is 5.94. The molecular weight excluding hydrogens is 354 g/mol. The summed E-state index contributed by atoms with van der Waals surface area (Å²) in [5, 5.41) is 3.44.